The van der Waals surface area contributed by atoms with Gasteiger partial charge in [-0.25, -0.2) is 4.79 Å². The van der Waals surface area contributed by atoms with Gasteiger partial charge in [0.05, 0.1) is 23.8 Å². The molecule has 0 unspecified atom stereocenters. The molecule has 1 N–H and O–H groups in total. The molecule has 0 bridgehead atoms. The zero-order valence-corrected chi connectivity index (χ0v) is 12.1. The molecule has 0 saturated heterocycles. The van der Waals surface area contributed by atoms with Gasteiger partial charge < -0.3 is 10.1 Å². The summed E-state index contributed by atoms with van der Waals surface area (Å²) in [5.74, 6) is -0.902. The quantitative estimate of drug-likeness (QED) is 0.839. The van der Waals surface area contributed by atoms with E-state index in [0.717, 1.165) is 0 Å². The maximum Gasteiger partial charge on any atom is 0.339 e. The van der Waals surface area contributed by atoms with Crippen molar-refractivity contribution in [2.24, 2.45) is 5.41 Å². The molecule has 0 radical (unpaired) electrons. The molecule has 1 aromatic rings. The third-order valence-corrected chi connectivity index (χ3v) is 2.89. The van der Waals surface area contributed by atoms with E-state index in [1.807, 2.05) is 0 Å². The molecular weight excluding hydrogens is 258 g/mol. The molecule has 0 saturated carbocycles. The number of para-hydroxylation sites is 1. The second kappa shape index (κ2) is 6.32. The number of carbonyl (C=O) groups excluding carboxylic acids is 3. The average molecular weight is 277 g/mol. The SMILES string of the molecule is COC(=O)c1ccccc1NC(=O)C(C)(C)CC(C)=O. The van der Waals surface area contributed by atoms with E-state index < -0.39 is 11.4 Å². The molecule has 0 aliphatic rings. The molecule has 0 aromatic heterocycles. The van der Waals surface area contributed by atoms with Crippen LogP contribution in [0.1, 0.15) is 37.6 Å². The highest BCUT2D eigenvalue weighted by Gasteiger charge is 2.30. The van der Waals surface area contributed by atoms with Crippen molar-refractivity contribution in [3.63, 3.8) is 0 Å². The fourth-order valence-corrected chi connectivity index (χ4v) is 1.87. The first-order chi connectivity index (χ1) is 9.27. The summed E-state index contributed by atoms with van der Waals surface area (Å²) in [4.78, 5) is 35.0. The van der Waals surface area contributed by atoms with Gasteiger partial charge in [-0.1, -0.05) is 26.0 Å². The van der Waals surface area contributed by atoms with E-state index in [2.05, 4.69) is 10.1 Å². The van der Waals surface area contributed by atoms with Crippen LogP contribution in [0.15, 0.2) is 24.3 Å². The van der Waals surface area contributed by atoms with Gasteiger partial charge in [0.15, 0.2) is 0 Å². The van der Waals surface area contributed by atoms with Gasteiger partial charge in [0.1, 0.15) is 5.78 Å². The Morgan fingerprint density at radius 1 is 1.20 bits per heavy atom. The van der Waals surface area contributed by atoms with Crippen LogP contribution in [0.2, 0.25) is 0 Å². The number of hydrogen-bond acceptors (Lipinski definition) is 4. The molecule has 0 aliphatic heterocycles. The van der Waals surface area contributed by atoms with Gasteiger partial charge >= 0.3 is 5.97 Å². The highest BCUT2D eigenvalue weighted by molar-refractivity contribution is 6.03. The second-order valence-electron chi connectivity index (χ2n) is 5.25. The second-order valence-corrected chi connectivity index (χ2v) is 5.25. The van der Waals surface area contributed by atoms with Gasteiger partial charge in [-0.2, -0.15) is 0 Å². The molecule has 0 fully saturated rings. The number of rotatable bonds is 5. The Morgan fingerprint density at radius 3 is 2.35 bits per heavy atom. The molecule has 5 heteroatoms. The summed E-state index contributed by atoms with van der Waals surface area (Å²) in [6, 6.07) is 6.58. The fraction of sp³-hybridized carbons (Fsp3) is 0.400. The van der Waals surface area contributed by atoms with E-state index in [0.29, 0.717) is 5.69 Å². The van der Waals surface area contributed by atoms with Crippen LogP contribution in [0.3, 0.4) is 0 Å². The van der Waals surface area contributed by atoms with Crippen molar-refractivity contribution in [2.75, 3.05) is 12.4 Å². The molecule has 1 amide bonds. The summed E-state index contributed by atoms with van der Waals surface area (Å²) in [7, 11) is 1.28. The van der Waals surface area contributed by atoms with E-state index in [9.17, 15) is 14.4 Å². The number of nitrogens with one attached hydrogen (secondary N) is 1. The van der Waals surface area contributed by atoms with Crippen LogP contribution >= 0.6 is 0 Å². The number of benzene rings is 1. The Kier molecular flexibility index (Phi) is 5.02. The zero-order chi connectivity index (χ0) is 15.3. The van der Waals surface area contributed by atoms with Crippen LogP contribution in [-0.2, 0) is 14.3 Å². The largest absolute Gasteiger partial charge is 0.465 e. The number of anilines is 1. The van der Waals surface area contributed by atoms with Crippen LogP contribution in [-0.4, -0.2) is 24.8 Å². The van der Waals surface area contributed by atoms with Crippen molar-refractivity contribution in [1.82, 2.24) is 0 Å². The minimum Gasteiger partial charge on any atom is -0.465 e. The summed E-state index contributed by atoms with van der Waals surface area (Å²) in [6.45, 7) is 4.81. The molecule has 0 aliphatic carbocycles. The van der Waals surface area contributed by atoms with Crippen molar-refractivity contribution >= 4 is 23.3 Å². The van der Waals surface area contributed by atoms with Crippen molar-refractivity contribution < 1.29 is 19.1 Å². The lowest BCUT2D eigenvalue weighted by Gasteiger charge is -2.22. The van der Waals surface area contributed by atoms with Gasteiger partial charge in [-0.15, -0.1) is 0 Å². The number of ketones is 1. The Labute approximate surface area is 118 Å². The molecule has 1 aromatic carbocycles. The van der Waals surface area contributed by atoms with Crippen LogP contribution in [0.5, 0.6) is 0 Å². The van der Waals surface area contributed by atoms with Crippen molar-refractivity contribution in [3.05, 3.63) is 29.8 Å². The van der Waals surface area contributed by atoms with Crippen LogP contribution in [0.25, 0.3) is 0 Å². The van der Waals surface area contributed by atoms with Crippen molar-refractivity contribution in [1.29, 1.82) is 0 Å². The molecule has 0 spiro atoms. The number of ether oxygens (including phenoxy) is 1. The summed E-state index contributed by atoms with van der Waals surface area (Å²) in [5, 5.41) is 2.68. The Balaban J connectivity index is 2.96. The Bertz CT molecular complexity index is 534. The van der Waals surface area contributed by atoms with Gasteiger partial charge in [0.25, 0.3) is 0 Å². The van der Waals surface area contributed by atoms with E-state index in [1.54, 1.807) is 38.1 Å². The lowest BCUT2D eigenvalue weighted by Crippen LogP contribution is -2.33. The Hall–Kier alpha value is -2.17. The van der Waals surface area contributed by atoms with Crippen LogP contribution in [0, 0.1) is 5.41 Å². The topological polar surface area (TPSA) is 72.5 Å². The Morgan fingerprint density at radius 2 is 1.80 bits per heavy atom. The van der Waals surface area contributed by atoms with E-state index in [4.69, 9.17) is 0 Å². The minimum absolute atomic E-state index is 0.0635. The number of methoxy groups -OCH3 is 1. The first kappa shape index (κ1) is 15.9. The number of esters is 1. The molecule has 0 heterocycles. The predicted octanol–water partition coefficient (Wildman–Crippen LogP) is 2.42. The van der Waals surface area contributed by atoms with Gasteiger partial charge in [0.2, 0.25) is 5.91 Å². The van der Waals surface area contributed by atoms with Gasteiger partial charge in [-0.3, -0.25) is 9.59 Å². The molecule has 108 valence electrons. The standard InChI is InChI=1S/C15H19NO4/c1-10(17)9-15(2,3)14(19)16-12-8-6-5-7-11(12)13(18)20-4/h5-8H,9H2,1-4H3,(H,16,19). The highest BCUT2D eigenvalue weighted by atomic mass is 16.5. The number of hydrogen-bond donors (Lipinski definition) is 1. The number of carbonyl (C=O) groups is 3. The molecule has 5 nitrogen and oxygen atoms in total. The van der Waals surface area contributed by atoms with E-state index in [1.165, 1.54) is 14.0 Å². The van der Waals surface area contributed by atoms with Crippen LogP contribution in [0.4, 0.5) is 5.69 Å². The summed E-state index contributed by atoms with van der Waals surface area (Å²) < 4.78 is 4.66. The monoisotopic (exact) mass is 277 g/mol. The van der Waals surface area contributed by atoms with Crippen molar-refractivity contribution in [3.8, 4) is 0 Å². The first-order valence-corrected chi connectivity index (χ1v) is 6.26. The highest BCUT2D eigenvalue weighted by Crippen LogP contribution is 2.25. The molecule has 1 rings (SSSR count). The third-order valence-electron chi connectivity index (χ3n) is 2.89. The van der Waals surface area contributed by atoms with Crippen LogP contribution < -0.4 is 5.32 Å². The summed E-state index contributed by atoms with van der Waals surface area (Å²) >= 11 is 0. The fourth-order valence-electron chi connectivity index (χ4n) is 1.87. The first-order valence-electron chi connectivity index (χ1n) is 6.26. The lowest BCUT2D eigenvalue weighted by atomic mass is 9.86. The smallest absolute Gasteiger partial charge is 0.339 e. The van der Waals surface area contributed by atoms with Gasteiger partial charge in [-0.05, 0) is 19.1 Å². The van der Waals surface area contributed by atoms with E-state index in [-0.39, 0.29) is 23.7 Å². The normalized spacial score (nSPS) is 10.8. The summed E-state index contributed by atoms with van der Waals surface area (Å²) in [6.07, 6.45) is 0.138. The maximum absolute atomic E-state index is 12.2. The zero-order valence-electron chi connectivity index (χ0n) is 12.1. The summed E-state index contributed by atoms with van der Waals surface area (Å²) in [5.41, 5.74) is -0.183. The maximum atomic E-state index is 12.2. The van der Waals surface area contributed by atoms with E-state index >= 15 is 0 Å². The average Bonchev–Trinajstić information content (AvgIpc) is 2.37. The number of amides is 1. The van der Waals surface area contributed by atoms with Gasteiger partial charge in [0, 0.05) is 6.42 Å². The molecule has 0 atom stereocenters. The minimum atomic E-state index is -0.838. The predicted molar refractivity (Wildman–Crippen MR) is 75.5 cm³/mol. The van der Waals surface area contributed by atoms with Crippen molar-refractivity contribution in [2.45, 2.75) is 27.2 Å². The number of Topliss-reactive ketones (excluding diaryl/α,β-unsaturated/α-hetero) is 1. The molecule has 20 heavy (non-hydrogen) atoms. The third kappa shape index (κ3) is 3.91. The lowest BCUT2D eigenvalue weighted by molar-refractivity contribution is -0.129. The molecular formula is C15H19NO4.